The SMILES string of the molecule is O=C(Cn1c(-c2cccs2)n[nH]c1=S)NCc1cn(-c2ccccc2)nc1-c1ccc(F)cc1. The zero-order valence-corrected chi connectivity index (χ0v) is 19.4. The van der Waals surface area contributed by atoms with Crippen LogP contribution in [0.5, 0.6) is 0 Å². The lowest BCUT2D eigenvalue weighted by Gasteiger charge is -2.08. The predicted molar refractivity (Wildman–Crippen MR) is 132 cm³/mol. The molecule has 0 atom stereocenters. The molecule has 5 rings (SSSR count). The average molecular weight is 491 g/mol. The fraction of sp³-hybridized carbons (Fsp3) is 0.0833. The number of aromatic amines is 1. The van der Waals surface area contributed by atoms with E-state index in [2.05, 4.69) is 15.5 Å². The van der Waals surface area contributed by atoms with Crippen molar-refractivity contribution in [2.24, 2.45) is 0 Å². The third-order valence-electron chi connectivity index (χ3n) is 5.21. The Morgan fingerprint density at radius 3 is 2.62 bits per heavy atom. The lowest BCUT2D eigenvalue weighted by molar-refractivity contribution is -0.121. The van der Waals surface area contributed by atoms with Gasteiger partial charge < -0.3 is 5.32 Å². The van der Waals surface area contributed by atoms with E-state index in [0.29, 0.717) is 16.3 Å². The van der Waals surface area contributed by atoms with Gasteiger partial charge in [0.1, 0.15) is 12.4 Å². The number of hydrogen-bond donors (Lipinski definition) is 2. The highest BCUT2D eigenvalue weighted by Gasteiger charge is 2.16. The molecular weight excluding hydrogens is 471 g/mol. The summed E-state index contributed by atoms with van der Waals surface area (Å²) in [7, 11) is 0. The van der Waals surface area contributed by atoms with Crippen LogP contribution in [0.25, 0.3) is 27.6 Å². The van der Waals surface area contributed by atoms with E-state index in [-0.39, 0.29) is 24.8 Å². The highest BCUT2D eigenvalue weighted by Crippen LogP contribution is 2.25. The third kappa shape index (κ3) is 4.59. The fourth-order valence-electron chi connectivity index (χ4n) is 3.55. The van der Waals surface area contributed by atoms with Gasteiger partial charge in [-0.3, -0.25) is 14.5 Å². The minimum Gasteiger partial charge on any atom is -0.350 e. The molecule has 10 heteroatoms. The molecular formula is C24H19FN6OS2. The third-order valence-corrected chi connectivity index (χ3v) is 6.38. The van der Waals surface area contributed by atoms with Crippen molar-refractivity contribution < 1.29 is 9.18 Å². The van der Waals surface area contributed by atoms with E-state index in [0.717, 1.165) is 21.7 Å². The number of halogens is 1. The van der Waals surface area contributed by atoms with Crippen molar-refractivity contribution in [1.29, 1.82) is 0 Å². The molecule has 0 unspecified atom stereocenters. The molecule has 2 N–H and O–H groups in total. The summed E-state index contributed by atoms with van der Waals surface area (Å²) in [5.41, 5.74) is 3.12. The van der Waals surface area contributed by atoms with Crippen LogP contribution in [0.4, 0.5) is 4.39 Å². The van der Waals surface area contributed by atoms with Crippen LogP contribution in [0.2, 0.25) is 0 Å². The first-order chi connectivity index (χ1) is 16.6. The Kier molecular flexibility index (Phi) is 6.15. The number of benzene rings is 2. The number of H-pyrrole nitrogens is 1. The first-order valence-electron chi connectivity index (χ1n) is 10.4. The Bertz CT molecular complexity index is 1470. The number of aromatic nitrogens is 5. The Hall–Kier alpha value is -3.89. The minimum absolute atomic E-state index is 0.0290. The monoisotopic (exact) mass is 490 g/mol. The van der Waals surface area contributed by atoms with E-state index in [1.54, 1.807) is 21.4 Å². The molecule has 0 spiro atoms. The van der Waals surface area contributed by atoms with Gasteiger partial charge in [-0.2, -0.15) is 10.2 Å². The van der Waals surface area contributed by atoms with Crippen LogP contribution in [0.1, 0.15) is 5.56 Å². The van der Waals surface area contributed by atoms with Gasteiger partial charge in [-0.1, -0.05) is 24.3 Å². The summed E-state index contributed by atoms with van der Waals surface area (Å²) in [6.45, 7) is 0.277. The summed E-state index contributed by atoms with van der Waals surface area (Å²) in [5.74, 6) is 0.0892. The highest BCUT2D eigenvalue weighted by atomic mass is 32.1. The molecule has 170 valence electrons. The molecule has 0 saturated heterocycles. The Labute approximate surface area is 203 Å². The van der Waals surface area contributed by atoms with E-state index in [1.165, 1.54) is 23.5 Å². The standard InChI is InChI=1S/C24H19FN6OS2/c25-18-10-8-16(9-11-18)22-17(14-31(29-22)19-5-2-1-3-6-19)13-26-21(32)15-30-23(27-28-24(30)33)20-7-4-12-34-20/h1-12,14H,13,15H2,(H,26,32)(H,28,33). The molecule has 0 saturated carbocycles. The van der Waals surface area contributed by atoms with Gasteiger partial charge >= 0.3 is 0 Å². The van der Waals surface area contributed by atoms with Gasteiger partial charge in [-0.15, -0.1) is 11.3 Å². The summed E-state index contributed by atoms with van der Waals surface area (Å²) < 4.78 is 17.3. The second kappa shape index (κ2) is 9.54. The maximum absolute atomic E-state index is 13.5. The number of para-hydroxylation sites is 1. The molecule has 3 heterocycles. The maximum Gasteiger partial charge on any atom is 0.240 e. The molecule has 0 aliphatic carbocycles. The van der Waals surface area contributed by atoms with Crippen LogP contribution in [-0.2, 0) is 17.9 Å². The van der Waals surface area contributed by atoms with Gasteiger partial charge in [0.05, 0.1) is 16.3 Å². The Morgan fingerprint density at radius 1 is 1.09 bits per heavy atom. The summed E-state index contributed by atoms with van der Waals surface area (Å²) >= 11 is 6.84. The number of nitrogens with zero attached hydrogens (tertiary/aromatic N) is 4. The lowest BCUT2D eigenvalue weighted by atomic mass is 10.1. The Balaban J connectivity index is 1.38. The molecule has 7 nitrogen and oxygen atoms in total. The second-order valence-corrected chi connectivity index (χ2v) is 8.82. The molecule has 0 aliphatic rings. The lowest BCUT2D eigenvalue weighted by Crippen LogP contribution is -2.27. The van der Waals surface area contributed by atoms with E-state index in [1.807, 2.05) is 54.0 Å². The number of nitrogens with one attached hydrogen (secondary N) is 2. The maximum atomic E-state index is 13.5. The highest BCUT2D eigenvalue weighted by molar-refractivity contribution is 7.71. The van der Waals surface area contributed by atoms with Crippen LogP contribution in [-0.4, -0.2) is 30.5 Å². The van der Waals surface area contributed by atoms with Crippen molar-refractivity contribution in [3.63, 3.8) is 0 Å². The van der Waals surface area contributed by atoms with E-state index in [4.69, 9.17) is 17.3 Å². The smallest absolute Gasteiger partial charge is 0.240 e. The summed E-state index contributed by atoms with van der Waals surface area (Å²) in [6, 6.07) is 19.7. The number of rotatable bonds is 7. The first kappa shape index (κ1) is 21.9. The van der Waals surface area contributed by atoms with Crippen molar-refractivity contribution >= 4 is 29.5 Å². The first-order valence-corrected chi connectivity index (χ1v) is 11.7. The van der Waals surface area contributed by atoms with Crippen LogP contribution >= 0.6 is 23.6 Å². The number of thiophene rings is 1. The molecule has 0 aliphatic heterocycles. The molecule has 2 aromatic carbocycles. The average Bonchev–Trinajstić information content (AvgIpc) is 3.60. The number of carbonyl (C=O) groups excluding carboxylic acids is 1. The van der Waals surface area contributed by atoms with Crippen LogP contribution in [0, 0.1) is 10.6 Å². The van der Waals surface area contributed by atoms with Crippen LogP contribution < -0.4 is 5.32 Å². The molecule has 0 radical (unpaired) electrons. The Morgan fingerprint density at radius 2 is 1.88 bits per heavy atom. The predicted octanol–water partition coefficient (Wildman–Crippen LogP) is 4.98. The number of hydrogen-bond acceptors (Lipinski definition) is 5. The van der Waals surface area contributed by atoms with Gasteiger partial charge in [0, 0.05) is 23.9 Å². The van der Waals surface area contributed by atoms with Crippen molar-refractivity contribution in [3.8, 4) is 27.6 Å². The van der Waals surface area contributed by atoms with Gasteiger partial charge in [-0.25, -0.2) is 9.07 Å². The second-order valence-electron chi connectivity index (χ2n) is 7.48. The quantitative estimate of drug-likeness (QED) is 0.316. The molecule has 3 aromatic heterocycles. The van der Waals surface area contributed by atoms with Crippen molar-refractivity contribution in [1.82, 2.24) is 29.9 Å². The van der Waals surface area contributed by atoms with Crippen molar-refractivity contribution in [2.45, 2.75) is 13.1 Å². The van der Waals surface area contributed by atoms with Gasteiger partial charge in [-0.05, 0) is 60.1 Å². The van der Waals surface area contributed by atoms with Crippen LogP contribution in [0.15, 0.2) is 78.3 Å². The molecule has 0 fully saturated rings. The zero-order chi connectivity index (χ0) is 23.5. The van der Waals surface area contributed by atoms with Crippen molar-refractivity contribution in [2.75, 3.05) is 0 Å². The van der Waals surface area contributed by atoms with Crippen LogP contribution in [0.3, 0.4) is 0 Å². The largest absolute Gasteiger partial charge is 0.350 e. The van der Waals surface area contributed by atoms with E-state index < -0.39 is 0 Å². The molecule has 34 heavy (non-hydrogen) atoms. The van der Waals surface area contributed by atoms with E-state index >= 15 is 0 Å². The van der Waals surface area contributed by atoms with Crippen molar-refractivity contribution in [3.05, 3.63) is 94.5 Å². The van der Waals surface area contributed by atoms with E-state index in [9.17, 15) is 9.18 Å². The summed E-state index contributed by atoms with van der Waals surface area (Å²) in [6.07, 6.45) is 1.87. The normalized spacial score (nSPS) is 11.0. The molecule has 5 aromatic rings. The van der Waals surface area contributed by atoms with Gasteiger partial charge in [0.2, 0.25) is 5.91 Å². The summed E-state index contributed by atoms with van der Waals surface area (Å²) in [4.78, 5) is 13.8. The summed E-state index contributed by atoms with van der Waals surface area (Å²) in [5, 5.41) is 16.6. The minimum atomic E-state index is -0.320. The topological polar surface area (TPSA) is 80.5 Å². The number of amides is 1. The van der Waals surface area contributed by atoms with Gasteiger partial charge in [0.25, 0.3) is 0 Å². The zero-order valence-electron chi connectivity index (χ0n) is 17.8. The number of carbonyl (C=O) groups is 1. The fourth-order valence-corrected chi connectivity index (χ4v) is 4.47. The van der Waals surface area contributed by atoms with Gasteiger partial charge in [0.15, 0.2) is 10.6 Å². The molecule has 1 amide bonds. The molecule has 0 bridgehead atoms.